The number of fused-ring (bicyclic) bond motifs is 1. The molecule has 0 aromatic heterocycles. The third kappa shape index (κ3) is 2.42. The Labute approximate surface area is 114 Å². The SMILES string of the molecule is CNC1CC(C2CCCO2)Oc2ccc(OC)cc21. The maximum Gasteiger partial charge on any atom is 0.127 e. The van der Waals surface area contributed by atoms with E-state index in [-0.39, 0.29) is 12.2 Å². The van der Waals surface area contributed by atoms with Crippen molar-refractivity contribution in [2.24, 2.45) is 0 Å². The van der Waals surface area contributed by atoms with Gasteiger partial charge in [-0.1, -0.05) is 0 Å². The predicted octanol–water partition coefficient (Wildman–Crippen LogP) is 2.29. The Hall–Kier alpha value is -1.26. The van der Waals surface area contributed by atoms with Gasteiger partial charge in [0.25, 0.3) is 0 Å². The van der Waals surface area contributed by atoms with Crippen LogP contribution in [-0.2, 0) is 4.74 Å². The van der Waals surface area contributed by atoms with Crippen molar-refractivity contribution < 1.29 is 14.2 Å². The molecule has 3 rings (SSSR count). The molecule has 1 saturated heterocycles. The van der Waals surface area contributed by atoms with Gasteiger partial charge < -0.3 is 19.5 Å². The van der Waals surface area contributed by atoms with Crippen molar-refractivity contribution in [2.75, 3.05) is 20.8 Å². The van der Waals surface area contributed by atoms with E-state index in [0.29, 0.717) is 6.04 Å². The first-order valence-corrected chi connectivity index (χ1v) is 6.95. The molecule has 1 N–H and O–H groups in total. The van der Waals surface area contributed by atoms with Gasteiger partial charge in [-0.05, 0) is 38.1 Å². The van der Waals surface area contributed by atoms with Crippen LogP contribution in [0.25, 0.3) is 0 Å². The molecule has 4 nitrogen and oxygen atoms in total. The topological polar surface area (TPSA) is 39.7 Å². The van der Waals surface area contributed by atoms with Crippen molar-refractivity contribution in [2.45, 2.75) is 37.5 Å². The van der Waals surface area contributed by atoms with Gasteiger partial charge in [-0.15, -0.1) is 0 Å². The number of hydrogen-bond acceptors (Lipinski definition) is 4. The maximum atomic E-state index is 6.13. The summed E-state index contributed by atoms with van der Waals surface area (Å²) < 4.78 is 17.2. The van der Waals surface area contributed by atoms with Crippen molar-refractivity contribution in [3.05, 3.63) is 23.8 Å². The summed E-state index contributed by atoms with van der Waals surface area (Å²) in [4.78, 5) is 0. The summed E-state index contributed by atoms with van der Waals surface area (Å²) in [5.41, 5.74) is 1.18. The second-order valence-electron chi connectivity index (χ2n) is 5.19. The highest BCUT2D eigenvalue weighted by Crippen LogP contribution is 2.39. The zero-order chi connectivity index (χ0) is 13.2. The Morgan fingerprint density at radius 1 is 1.32 bits per heavy atom. The van der Waals surface area contributed by atoms with E-state index in [4.69, 9.17) is 14.2 Å². The molecule has 104 valence electrons. The lowest BCUT2D eigenvalue weighted by Gasteiger charge is -2.34. The minimum absolute atomic E-state index is 0.154. The molecule has 0 bridgehead atoms. The number of benzene rings is 1. The summed E-state index contributed by atoms with van der Waals surface area (Å²) in [6, 6.07) is 6.30. The summed E-state index contributed by atoms with van der Waals surface area (Å²) in [5.74, 6) is 1.82. The molecule has 1 fully saturated rings. The van der Waals surface area contributed by atoms with Crippen LogP contribution in [-0.4, -0.2) is 33.0 Å². The smallest absolute Gasteiger partial charge is 0.127 e. The highest BCUT2D eigenvalue weighted by Gasteiger charge is 2.35. The van der Waals surface area contributed by atoms with Gasteiger partial charge in [0.05, 0.1) is 13.2 Å². The third-order valence-corrected chi connectivity index (χ3v) is 4.07. The fraction of sp³-hybridized carbons (Fsp3) is 0.600. The average molecular weight is 263 g/mol. The van der Waals surface area contributed by atoms with Crippen LogP contribution in [0.5, 0.6) is 11.5 Å². The standard InChI is InChI=1S/C15H21NO3/c1-16-12-9-15(14-4-3-7-18-14)19-13-6-5-10(17-2)8-11(12)13/h5-6,8,12,14-16H,3-4,7,9H2,1-2H3. The second kappa shape index (κ2) is 5.39. The first-order chi connectivity index (χ1) is 9.31. The van der Waals surface area contributed by atoms with Gasteiger partial charge in [-0.3, -0.25) is 0 Å². The Morgan fingerprint density at radius 2 is 2.21 bits per heavy atom. The Morgan fingerprint density at radius 3 is 2.89 bits per heavy atom. The van der Waals surface area contributed by atoms with E-state index in [9.17, 15) is 0 Å². The van der Waals surface area contributed by atoms with Crippen LogP contribution in [0.4, 0.5) is 0 Å². The number of hydrogen-bond donors (Lipinski definition) is 1. The molecule has 4 heteroatoms. The largest absolute Gasteiger partial charge is 0.497 e. The van der Waals surface area contributed by atoms with Gasteiger partial charge in [0.2, 0.25) is 0 Å². The summed E-state index contributed by atoms with van der Waals surface area (Å²) in [7, 11) is 3.68. The van der Waals surface area contributed by atoms with E-state index in [2.05, 4.69) is 11.4 Å². The molecule has 0 radical (unpaired) electrons. The Kier molecular flexibility index (Phi) is 3.62. The average Bonchev–Trinajstić information content (AvgIpc) is 2.99. The number of rotatable bonds is 3. The van der Waals surface area contributed by atoms with E-state index < -0.39 is 0 Å². The van der Waals surface area contributed by atoms with Crippen LogP contribution in [0.2, 0.25) is 0 Å². The summed E-state index contributed by atoms with van der Waals surface area (Å²) in [5, 5.41) is 3.37. The lowest BCUT2D eigenvalue weighted by molar-refractivity contribution is -0.00402. The highest BCUT2D eigenvalue weighted by molar-refractivity contribution is 5.43. The van der Waals surface area contributed by atoms with Crippen LogP contribution in [0.15, 0.2) is 18.2 Å². The molecular weight excluding hydrogens is 242 g/mol. The molecule has 2 heterocycles. The molecule has 1 aromatic carbocycles. The van der Waals surface area contributed by atoms with Crippen molar-refractivity contribution in [1.82, 2.24) is 5.32 Å². The van der Waals surface area contributed by atoms with Crippen molar-refractivity contribution in [1.29, 1.82) is 0 Å². The molecule has 0 spiro atoms. The van der Waals surface area contributed by atoms with Crippen molar-refractivity contribution >= 4 is 0 Å². The van der Waals surface area contributed by atoms with Crippen LogP contribution < -0.4 is 14.8 Å². The first-order valence-electron chi connectivity index (χ1n) is 6.95. The monoisotopic (exact) mass is 263 g/mol. The molecule has 1 aromatic rings. The van der Waals surface area contributed by atoms with E-state index in [1.54, 1.807) is 7.11 Å². The fourth-order valence-electron chi connectivity index (χ4n) is 3.00. The zero-order valence-electron chi connectivity index (χ0n) is 11.5. The number of ether oxygens (including phenoxy) is 3. The summed E-state index contributed by atoms with van der Waals surface area (Å²) >= 11 is 0. The number of nitrogens with one attached hydrogen (secondary N) is 1. The fourth-order valence-corrected chi connectivity index (χ4v) is 3.00. The molecule has 2 aliphatic rings. The van der Waals surface area contributed by atoms with Gasteiger partial charge >= 0.3 is 0 Å². The minimum atomic E-state index is 0.154. The number of methoxy groups -OCH3 is 1. The van der Waals surface area contributed by atoms with Gasteiger partial charge in [0, 0.05) is 24.6 Å². The molecule has 0 aliphatic carbocycles. The molecule has 2 aliphatic heterocycles. The second-order valence-corrected chi connectivity index (χ2v) is 5.19. The van der Waals surface area contributed by atoms with Gasteiger partial charge in [0.1, 0.15) is 17.6 Å². The molecule has 0 amide bonds. The zero-order valence-corrected chi connectivity index (χ0v) is 11.5. The quantitative estimate of drug-likeness (QED) is 0.908. The lowest BCUT2D eigenvalue weighted by Crippen LogP contribution is -2.39. The van der Waals surface area contributed by atoms with E-state index in [1.807, 2.05) is 19.2 Å². The first kappa shape index (κ1) is 12.8. The van der Waals surface area contributed by atoms with Crippen LogP contribution in [0.3, 0.4) is 0 Å². The van der Waals surface area contributed by atoms with E-state index in [0.717, 1.165) is 37.4 Å². The summed E-state index contributed by atoms with van der Waals surface area (Å²) in [6.45, 7) is 0.865. The van der Waals surface area contributed by atoms with Gasteiger partial charge in [-0.2, -0.15) is 0 Å². The Balaban J connectivity index is 1.86. The van der Waals surface area contributed by atoms with E-state index in [1.165, 1.54) is 5.56 Å². The van der Waals surface area contributed by atoms with Crippen LogP contribution in [0.1, 0.15) is 30.9 Å². The van der Waals surface area contributed by atoms with E-state index >= 15 is 0 Å². The lowest BCUT2D eigenvalue weighted by atomic mass is 9.93. The molecular formula is C15H21NO3. The normalized spacial score (nSPS) is 29.7. The third-order valence-electron chi connectivity index (χ3n) is 4.07. The van der Waals surface area contributed by atoms with Crippen molar-refractivity contribution in [3.8, 4) is 11.5 Å². The highest BCUT2D eigenvalue weighted by atomic mass is 16.5. The van der Waals surface area contributed by atoms with Crippen LogP contribution >= 0.6 is 0 Å². The van der Waals surface area contributed by atoms with Gasteiger partial charge in [0.15, 0.2) is 0 Å². The van der Waals surface area contributed by atoms with Crippen molar-refractivity contribution in [3.63, 3.8) is 0 Å². The molecule has 3 unspecified atom stereocenters. The van der Waals surface area contributed by atoms with Gasteiger partial charge in [-0.25, -0.2) is 0 Å². The minimum Gasteiger partial charge on any atom is -0.497 e. The predicted molar refractivity (Wildman–Crippen MR) is 72.8 cm³/mol. The van der Waals surface area contributed by atoms with Crippen LogP contribution in [0, 0.1) is 0 Å². The summed E-state index contributed by atoms with van der Waals surface area (Å²) in [6.07, 6.45) is 3.59. The Bertz CT molecular complexity index is 443. The molecule has 0 saturated carbocycles. The maximum absolute atomic E-state index is 6.13. The molecule has 19 heavy (non-hydrogen) atoms. The molecule has 3 atom stereocenters.